The highest BCUT2D eigenvalue weighted by Crippen LogP contribution is 2.42. The molecule has 0 spiro atoms. The van der Waals surface area contributed by atoms with E-state index in [-0.39, 0.29) is 0 Å². The summed E-state index contributed by atoms with van der Waals surface area (Å²) in [6, 6.07) is 17.1. The van der Waals surface area contributed by atoms with Gasteiger partial charge in [-0.2, -0.15) is 5.26 Å². The molecule has 166 valence electrons. The van der Waals surface area contributed by atoms with Crippen LogP contribution in [0.3, 0.4) is 0 Å². The van der Waals surface area contributed by atoms with Gasteiger partial charge in [0.15, 0.2) is 0 Å². The number of hydrogen-bond donors (Lipinski definition) is 1. The minimum Gasteiger partial charge on any atom is -0.457 e. The standard InChI is InChI=1S/C25H24Cl2N2O2S/c1-15-21(24(30)31-25(2,3)4)22(16-9-11-18(26)12-10-16)19(13-28)23(29-15)32-14-17-7-5-6-8-20(17)27/h5-12,22,29H,14H2,1-4H3/t22-/m1/s1. The number of thioether (sulfide) groups is 1. The first-order chi connectivity index (χ1) is 15.1. The zero-order valence-corrected chi connectivity index (χ0v) is 20.7. The van der Waals surface area contributed by atoms with Gasteiger partial charge in [0.05, 0.1) is 28.2 Å². The van der Waals surface area contributed by atoms with Gasteiger partial charge in [-0.05, 0) is 57.0 Å². The van der Waals surface area contributed by atoms with Crippen molar-refractivity contribution >= 4 is 40.9 Å². The van der Waals surface area contributed by atoms with Gasteiger partial charge in [-0.3, -0.25) is 0 Å². The Labute approximate surface area is 203 Å². The minimum atomic E-state index is -0.662. The molecular weight excluding hydrogens is 463 g/mol. The molecule has 0 radical (unpaired) electrons. The highest BCUT2D eigenvalue weighted by atomic mass is 35.5. The van der Waals surface area contributed by atoms with E-state index in [1.54, 1.807) is 12.1 Å². The SMILES string of the molecule is CC1=C(C(=O)OC(C)(C)C)[C@H](c2ccc(Cl)cc2)C(C#N)=C(SCc2ccccc2Cl)N1. The Morgan fingerprint density at radius 3 is 2.41 bits per heavy atom. The van der Waals surface area contributed by atoms with Crippen LogP contribution in [0.25, 0.3) is 0 Å². The van der Waals surface area contributed by atoms with Gasteiger partial charge in [0.2, 0.25) is 0 Å². The number of dihydropyridines is 1. The van der Waals surface area contributed by atoms with Crippen molar-refractivity contribution in [2.45, 2.75) is 45.0 Å². The fraction of sp³-hybridized carbons (Fsp3) is 0.280. The minimum absolute atomic E-state index is 0.417. The van der Waals surface area contributed by atoms with Crippen LogP contribution in [-0.4, -0.2) is 11.6 Å². The van der Waals surface area contributed by atoms with Crippen molar-refractivity contribution in [2.75, 3.05) is 0 Å². The van der Waals surface area contributed by atoms with Gasteiger partial charge in [-0.25, -0.2) is 4.79 Å². The highest BCUT2D eigenvalue weighted by Gasteiger charge is 2.36. The third-order valence-corrected chi connectivity index (χ3v) is 6.49. The summed E-state index contributed by atoms with van der Waals surface area (Å²) in [5.74, 6) is -0.442. The van der Waals surface area contributed by atoms with Crippen LogP contribution in [0.15, 0.2) is 70.4 Å². The Morgan fingerprint density at radius 1 is 1.16 bits per heavy atom. The number of carbonyl (C=O) groups excluding carboxylic acids is 1. The van der Waals surface area contributed by atoms with E-state index in [2.05, 4.69) is 11.4 Å². The number of rotatable bonds is 5. The summed E-state index contributed by atoms with van der Waals surface area (Å²) in [4.78, 5) is 13.2. The number of ether oxygens (including phenoxy) is 1. The van der Waals surface area contributed by atoms with E-state index in [4.69, 9.17) is 27.9 Å². The average Bonchev–Trinajstić information content (AvgIpc) is 2.72. The molecule has 0 unspecified atom stereocenters. The van der Waals surface area contributed by atoms with Crippen LogP contribution in [0.2, 0.25) is 10.0 Å². The summed E-state index contributed by atoms with van der Waals surface area (Å²) in [6.45, 7) is 7.28. The van der Waals surface area contributed by atoms with E-state index in [9.17, 15) is 10.1 Å². The number of nitrogens with one attached hydrogen (secondary N) is 1. The number of nitriles is 1. The molecular formula is C25H24Cl2N2O2S. The largest absolute Gasteiger partial charge is 0.457 e. The Kier molecular flexibility index (Phi) is 7.61. The summed E-state index contributed by atoms with van der Waals surface area (Å²) in [5, 5.41) is 15.3. The van der Waals surface area contributed by atoms with Gasteiger partial charge in [-0.1, -0.05) is 53.5 Å². The summed E-state index contributed by atoms with van der Waals surface area (Å²) in [5.41, 5.74) is 2.62. The molecule has 3 rings (SSSR count). The van der Waals surface area contributed by atoms with Crippen molar-refractivity contribution in [3.05, 3.63) is 91.6 Å². The third-order valence-electron chi connectivity index (χ3n) is 4.80. The predicted molar refractivity (Wildman–Crippen MR) is 131 cm³/mol. The average molecular weight is 487 g/mol. The lowest BCUT2D eigenvalue weighted by Crippen LogP contribution is -2.32. The van der Waals surface area contributed by atoms with Gasteiger partial charge < -0.3 is 10.1 Å². The fourth-order valence-electron chi connectivity index (χ4n) is 3.38. The van der Waals surface area contributed by atoms with Crippen molar-refractivity contribution < 1.29 is 9.53 Å². The molecule has 0 bridgehead atoms. The van der Waals surface area contributed by atoms with E-state index in [0.29, 0.717) is 37.7 Å². The number of hydrogen-bond acceptors (Lipinski definition) is 5. The number of halogens is 2. The fourth-order valence-corrected chi connectivity index (χ4v) is 4.89. The Bertz CT molecular complexity index is 1130. The van der Waals surface area contributed by atoms with Crippen LogP contribution in [0.4, 0.5) is 0 Å². The molecule has 1 aliphatic heterocycles. The predicted octanol–water partition coefficient (Wildman–Crippen LogP) is 6.96. The van der Waals surface area contributed by atoms with Crippen molar-refractivity contribution in [1.82, 2.24) is 5.32 Å². The molecule has 7 heteroatoms. The maximum Gasteiger partial charge on any atom is 0.337 e. The molecule has 2 aromatic rings. The summed E-state index contributed by atoms with van der Waals surface area (Å²) in [6.07, 6.45) is 0. The Balaban J connectivity index is 2.04. The van der Waals surface area contributed by atoms with E-state index in [1.165, 1.54) is 11.8 Å². The third kappa shape index (κ3) is 5.69. The van der Waals surface area contributed by atoms with Gasteiger partial charge in [0.1, 0.15) is 5.60 Å². The lowest BCUT2D eigenvalue weighted by Gasteiger charge is -2.31. The highest BCUT2D eigenvalue weighted by molar-refractivity contribution is 8.02. The summed E-state index contributed by atoms with van der Waals surface area (Å²) in [7, 11) is 0. The maximum absolute atomic E-state index is 13.2. The molecule has 4 nitrogen and oxygen atoms in total. The molecule has 1 aliphatic rings. The second-order valence-corrected chi connectivity index (χ2v) is 10.2. The van der Waals surface area contributed by atoms with E-state index in [1.807, 2.05) is 64.1 Å². The van der Waals surface area contributed by atoms with Crippen LogP contribution in [0, 0.1) is 11.3 Å². The first kappa shape index (κ1) is 24.3. The number of esters is 1. The van der Waals surface area contributed by atoms with Crippen LogP contribution >= 0.6 is 35.0 Å². The first-order valence-electron chi connectivity index (χ1n) is 10.1. The van der Waals surface area contributed by atoms with Gasteiger partial charge in [0, 0.05) is 21.5 Å². The van der Waals surface area contributed by atoms with Crippen molar-refractivity contribution in [3.63, 3.8) is 0 Å². The topological polar surface area (TPSA) is 62.1 Å². The molecule has 0 aliphatic carbocycles. The Hall–Kier alpha value is -2.39. The molecule has 1 heterocycles. The quantitative estimate of drug-likeness (QED) is 0.462. The zero-order chi connectivity index (χ0) is 23.5. The lowest BCUT2D eigenvalue weighted by molar-refractivity contribution is -0.150. The maximum atomic E-state index is 13.2. The first-order valence-corrected chi connectivity index (χ1v) is 11.8. The smallest absolute Gasteiger partial charge is 0.337 e. The van der Waals surface area contributed by atoms with Crippen LogP contribution in [0.5, 0.6) is 0 Å². The zero-order valence-electron chi connectivity index (χ0n) is 18.3. The molecule has 1 atom stereocenters. The number of nitrogens with zero attached hydrogens (tertiary/aromatic N) is 1. The molecule has 2 aromatic carbocycles. The molecule has 0 saturated heterocycles. The van der Waals surface area contributed by atoms with Gasteiger partial charge in [-0.15, -0.1) is 11.8 Å². The molecule has 0 amide bonds. The van der Waals surface area contributed by atoms with Crippen LogP contribution in [-0.2, 0) is 15.3 Å². The second kappa shape index (κ2) is 10.0. The molecule has 0 saturated carbocycles. The lowest BCUT2D eigenvalue weighted by atomic mass is 9.82. The molecule has 0 aromatic heterocycles. The van der Waals surface area contributed by atoms with Gasteiger partial charge >= 0.3 is 5.97 Å². The molecule has 1 N–H and O–H groups in total. The van der Waals surface area contributed by atoms with E-state index in [0.717, 1.165) is 11.1 Å². The normalized spacial score (nSPS) is 16.5. The number of allylic oxidation sites excluding steroid dienone is 2. The van der Waals surface area contributed by atoms with E-state index < -0.39 is 17.5 Å². The monoisotopic (exact) mass is 486 g/mol. The summed E-state index contributed by atoms with van der Waals surface area (Å²) >= 11 is 13.9. The van der Waals surface area contributed by atoms with Crippen LogP contribution in [0.1, 0.15) is 44.7 Å². The van der Waals surface area contributed by atoms with Crippen molar-refractivity contribution in [3.8, 4) is 6.07 Å². The summed E-state index contributed by atoms with van der Waals surface area (Å²) < 4.78 is 5.68. The second-order valence-electron chi connectivity index (χ2n) is 8.38. The van der Waals surface area contributed by atoms with E-state index >= 15 is 0 Å². The number of benzene rings is 2. The van der Waals surface area contributed by atoms with Gasteiger partial charge in [0.25, 0.3) is 0 Å². The molecule has 32 heavy (non-hydrogen) atoms. The van der Waals surface area contributed by atoms with Crippen molar-refractivity contribution in [2.24, 2.45) is 0 Å². The molecule has 0 fully saturated rings. The number of carbonyl (C=O) groups is 1. The van der Waals surface area contributed by atoms with Crippen molar-refractivity contribution in [1.29, 1.82) is 5.26 Å². The van der Waals surface area contributed by atoms with Crippen LogP contribution < -0.4 is 5.32 Å². The Morgan fingerprint density at radius 2 is 1.81 bits per heavy atom.